The van der Waals surface area contributed by atoms with Crippen LogP contribution in [0.15, 0.2) is 53.5 Å². The molecular weight excluding hydrogens is 529 g/mol. The van der Waals surface area contributed by atoms with E-state index in [-0.39, 0.29) is 24.5 Å². The first-order valence-electron chi connectivity index (χ1n) is 12.4. The number of aromatic nitrogens is 1. The van der Waals surface area contributed by atoms with Gasteiger partial charge in [-0.05, 0) is 19.4 Å². The maximum absolute atomic E-state index is 14.1. The molecule has 1 aliphatic heterocycles. The molecule has 0 aliphatic carbocycles. The van der Waals surface area contributed by atoms with E-state index < -0.39 is 70.2 Å². The monoisotopic (exact) mass is 556 g/mol. The lowest BCUT2D eigenvalue weighted by Gasteiger charge is -2.25. The lowest BCUT2D eigenvalue weighted by molar-refractivity contribution is -0.122. The lowest BCUT2D eigenvalue weighted by atomic mass is 10.1. The number of pyridine rings is 1. The molecule has 0 fully saturated rings. The van der Waals surface area contributed by atoms with Crippen LogP contribution in [-0.4, -0.2) is 46.3 Å². The molecule has 4 rings (SSSR count). The van der Waals surface area contributed by atoms with Crippen LogP contribution in [0.3, 0.4) is 0 Å². The molecular formula is C28H27F3N4O5. The van der Waals surface area contributed by atoms with Crippen LogP contribution in [0.2, 0.25) is 0 Å². The molecule has 0 saturated heterocycles. The molecule has 0 spiro atoms. The van der Waals surface area contributed by atoms with Gasteiger partial charge in [0.15, 0.2) is 17.2 Å². The fourth-order valence-corrected chi connectivity index (χ4v) is 4.24. The summed E-state index contributed by atoms with van der Waals surface area (Å²) < 4.78 is 48.5. The van der Waals surface area contributed by atoms with Gasteiger partial charge in [-0.2, -0.15) is 0 Å². The van der Waals surface area contributed by atoms with Crippen LogP contribution >= 0.6 is 0 Å². The highest BCUT2D eigenvalue weighted by Gasteiger charge is 2.33. The van der Waals surface area contributed by atoms with Crippen LogP contribution in [0.25, 0.3) is 0 Å². The second-order valence-corrected chi connectivity index (χ2v) is 9.52. The maximum Gasteiger partial charge on any atom is 0.276 e. The Morgan fingerprint density at radius 3 is 2.38 bits per heavy atom. The van der Waals surface area contributed by atoms with E-state index in [0.717, 1.165) is 10.9 Å². The van der Waals surface area contributed by atoms with Gasteiger partial charge in [0, 0.05) is 49.9 Å². The highest BCUT2D eigenvalue weighted by molar-refractivity contribution is 6.01. The van der Waals surface area contributed by atoms with Crippen LogP contribution in [-0.2, 0) is 17.9 Å². The number of fused-ring (bicyclic) bond motifs is 1. The number of carbonyl (C=O) groups is 3. The molecule has 0 saturated carbocycles. The van der Waals surface area contributed by atoms with Crippen LogP contribution in [0.4, 0.5) is 13.2 Å². The minimum atomic E-state index is -1.21. The first-order valence-corrected chi connectivity index (χ1v) is 12.4. The van der Waals surface area contributed by atoms with Crippen LogP contribution in [0.5, 0.6) is 5.75 Å². The van der Waals surface area contributed by atoms with Crippen LogP contribution in [0.1, 0.15) is 52.2 Å². The number of ether oxygens (including phenoxy) is 1. The summed E-state index contributed by atoms with van der Waals surface area (Å²) >= 11 is 0. The number of hydrogen-bond acceptors (Lipinski definition) is 6. The van der Waals surface area contributed by atoms with Gasteiger partial charge in [-0.1, -0.05) is 30.3 Å². The van der Waals surface area contributed by atoms with Gasteiger partial charge in [0.2, 0.25) is 5.43 Å². The number of nitrogens with zero attached hydrogens (tertiary/aromatic N) is 2. The molecule has 1 aliphatic rings. The zero-order valence-corrected chi connectivity index (χ0v) is 22.0. The van der Waals surface area contributed by atoms with Gasteiger partial charge in [0.25, 0.3) is 11.8 Å². The lowest BCUT2D eigenvalue weighted by Crippen LogP contribution is -2.42. The highest BCUT2D eigenvalue weighted by Crippen LogP contribution is 2.22. The normalized spacial score (nSPS) is 17.3. The van der Waals surface area contributed by atoms with Crippen molar-refractivity contribution in [3.05, 3.63) is 98.7 Å². The molecule has 0 radical (unpaired) electrons. The Morgan fingerprint density at radius 1 is 1.07 bits per heavy atom. The molecule has 2 aromatic carbocycles. The third-order valence-electron chi connectivity index (χ3n) is 6.60. The summed E-state index contributed by atoms with van der Waals surface area (Å²) in [4.78, 5) is 54.1. The number of carbonyl (C=O) groups excluding carboxylic acids is 3. The summed E-state index contributed by atoms with van der Waals surface area (Å²) in [5, 5.41) is 2.26. The molecule has 2 atom stereocenters. The van der Waals surface area contributed by atoms with Crippen LogP contribution < -0.4 is 20.9 Å². The van der Waals surface area contributed by atoms with Crippen molar-refractivity contribution >= 4 is 17.6 Å². The van der Waals surface area contributed by atoms with Gasteiger partial charge in [0.05, 0.1) is 6.04 Å². The molecule has 40 heavy (non-hydrogen) atoms. The van der Waals surface area contributed by atoms with E-state index in [1.54, 1.807) is 44.2 Å². The third kappa shape index (κ3) is 5.85. The zero-order chi connectivity index (χ0) is 29.1. The minimum absolute atomic E-state index is 0.0369. The number of amides is 2. The molecule has 1 aromatic heterocycles. The van der Waals surface area contributed by atoms with E-state index >= 15 is 0 Å². The first-order chi connectivity index (χ1) is 19.0. The molecule has 12 heteroatoms. The van der Waals surface area contributed by atoms with E-state index in [4.69, 9.17) is 4.74 Å². The van der Waals surface area contributed by atoms with E-state index in [1.807, 2.05) is 0 Å². The van der Waals surface area contributed by atoms with Crippen LogP contribution in [0, 0.1) is 17.5 Å². The number of hydrogen-bond donors (Lipinski definition) is 2. The quantitative estimate of drug-likeness (QED) is 0.483. The molecule has 2 amide bonds. The average molecular weight is 557 g/mol. The fraction of sp³-hybridized carbons (Fsp3) is 0.286. The number of ketones is 1. The number of Topliss-reactive ketones (excluding diaryl/α,β-unsaturated/α-hetero) is 1. The van der Waals surface area contributed by atoms with Gasteiger partial charge in [-0.25, -0.2) is 13.2 Å². The summed E-state index contributed by atoms with van der Waals surface area (Å²) in [5.74, 6) is -5.94. The molecule has 2 heterocycles. The first kappa shape index (κ1) is 28.4. The van der Waals surface area contributed by atoms with Crippen molar-refractivity contribution in [3.63, 3.8) is 0 Å². The summed E-state index contributed by atoms with van der Waals surface area (Å²) in [6.45, 7) is 2.45. The standard InChI is InChI=1S/C28H27F3N4O5/c1-15-9-23(36)16(2)34(3)28(39)24-26(40-14-17-7-5-4-6-8-17)25(37)20(13-35(24)33-15)27(38)32-12-19-21(30)10-18(29)11-22(19)31/h4-8,10-11,13,15-16,33H,9,12,14H2,1-3H3,(H,32,38)/t15-,16+/m1/s1. The Balaban J connectivity index is 1.79. The predicted molar refractivity (Wildman–Crippen MR) is 139 cm³/mol. The fourth-order valence-electron chi connectivity index (χ4n) is 4.24. The van der Waals surface area contributed by atoms with Crippen molar-refractivity contribution in [2.75, 3.05) is 12.5 Å². The van der Waals surface area contributed by atoms with Crippen molar-refractivity contribution in [2.24, 2.45) is 0 Å². The molecule has 3 aromatic rings. The van der Waals surface area contributed by atoms with E-state index in [9.17, 15) is 32.3 Å². The van der Waals surface area contributed by atoms with Crippen molar-refractivity contribution in [1.82, 2.24) is 14.9 Å². The minimum Gasteiger partial charge on any atom is -0.482 e. The molecule has 0 unspecified atom stereocenters. The van der Waals surface area contributed by atoms with Crippen molar-refractivity contribution in [1.29, 1.82) is 0 Å². The number of likely N-dealkylation sites (N-methyl/N-ethyl adjacent to an activating group) is 1. The second kappa shape index (κ2) is 11.6. The van der Waals surface area contributed by atoms with Gasteiger partial charge in [-0.3, -0.25) is 23.9 Å². The van der Waals surface area contributed by atoms with Crippen molar-refractivity contribution < 1.29 is 32.3 Å². The molecule has 2 N–H and O–H groups in total. The third-order valence-corrected chi connectivity index (χ3v) is 6.60. The molecule has 9 nitrogen and oxygen atoms in total. The van der Waals surface area contributed by atoms with Gasteiger partial charge in [-0.15, -0.1) is 0 Å². The van der Waals surface area contributed by atoms with Gasteiger partial charge >= 0.3 is 0 Å². The highest BCUT2D eigenvalue weighted by atomic mass is 19.1. The number of halogens is 3. The Labute approximate surface area is 227 Å². The van der Waals surface area contributed by atoms with Crippen molar-refractivity contribution in [3.8, 4) is 5.75 Å². The summed E-state index contributed by atoms with van der Waals surface area (Å²) in [5.41, 5.74) is 1.34. The van der Waals surface area contributed by atoms with Crippen molar-refractivity contribution in [2.45, 2.75) is 45.5 Å². The molecule has 0 bridgehead atoms. The smallest absolute Gasteiger partial charge is 0.276 e. The van der Waals surface area contributed by atoms with E-state index in [0.29, 0.717) is 17.7 Å². The van der Waals surface area contributed by atoms with E-state index in [1.165, 1.54) is 11.9 Å². The Morgan fingerprint density at radius 2 is 1.73 bits per heavy atom. The summed E-state index contributed by atoms with van der Waals surface area (Å²) in [7, 11) is 1.42. The van der Waals surface area contributed by atoms with Gasteiger partial charge < -0.3 is 20.4 Å². The zero-order valence-electron chi connectivity index (χ0n) is 22.0. The Hall–Kier alpha value is -4.61. The summed E-state index contributed by atoms with van der Waals surface area (Å²) in [6.07, 6.45) is 1.11. The van der Waals surface area contributed by atoms with E-state index in [2.05, 4.69) is 10.7 Å². The molecule has 210 valence electrons. The largest absolute Gasteiger partial charge is 0.482 e. The summed E-state index contributed by atoms with van der Waals surface area (Å²) in [6, 6.07) is 8.41. The SMILES string of the molecule is C[C@@H]1CC(=O)[C@H](C)N(C)C(=O)c2c(OCc3ccccc3)c(=O)c(C(=O)NCc3c(F)cc(F)cc3F)cn2N1. The van der Waals surface area contributed by atoms with Gasteiger partial charge in [0.1, 0.15) is 29.6 Å². The second-order valence-electron chi connectivity index (χ2n) is 9.52. The average Bonchev–Trinajstić information content (AvgIpc) is 2.93. The number of benzene rings is 2. The topological polar surface area (TPSA) is 110 Å². The maximum atomic E-state index is 14.1. The number of nitrogens with one attached hydrogen (secondary N) is 2. The predicted octanol–water partition coefficient (Wildman–Crippen LogP) is 3.14. The Kier molecular flexibility index (Phi) is 8.26. The number of rotatable bonds is 6. The Bertz CT molecular complexity index is 1500.